The molecule has 3 rings (SSSR count). The fourth-order valence-electron chi connectivity index (χ4n) is 3.09. The third-order valence-corrected chi connectivity index (χ3v) is 4.66. The number of anilines is 1. The maximum absolute atomic E-state index is 12.5. The summed E-state index contributed by atoms with van der Waals surface area (Å²) in [6.45, 7) is 0. The van der Waals surface area contributed by atoms with Gasteiger partial charge in [0.1, 0.15) is 11.8 Å². The topological polar surface area (TPSA) is 53.3 Å². The van der Waals surface area contributed by atoms with Crippen LogP contribution in [0.3, 0.4) is 0 Å². The number of nitriles is 1. The zero-order chi connectivity index (χ0) is 17.1. The summed E-state index contributed by atoms with van der Waals surface area (Å²) in [6.07, 6.45) is 1.54. The zero-order valence-electron chi connectivity index (χ0n) is 13.9. The van der Waals surface area contributed by atoms with Crippen LogP contribution in [0.15, 0.2) is 48.5 Å². The zero-order valence-corrected chi connectivity index (χ0v) is 13.9. The van der Waals surface area contributed by atoms with Gasteiger partial charge < -0.3 is 9.64 Å². The molecule has 0 aromatic heterocycles. The summed E-state index contributed by atoms with van der Waals surface area (Å²) in [5.74, 6) is 1.72. The average Bonchev–Trinajstić information content (AvgIpc) is 3.40. The van der Waals surface area contributed by atoms with Gasteiger partial charge in [0.25, 0.3) is 0 Å². The maximum atomic E-state index is 12.5. The van der Waals surface area contributed by atoms with Crippen LogP contribution < -0.4 is 9.64 Å². The van der Waals surface area contributed by atoms with Gasteiger partial charge in [-0.1, -0.05) is 24.3 Å². The summed E-state index contributed by atoms with van der Waals surface area (Å²) < 4.78 is 5.18. The molecule has 2 atom stereocenters. The first-order valence-electron chi connectivity index (χ1n) is 8.03. The number of methoxy groups -OCH3 is 1. The molecule has 1 amide bonds. The fraction of sp³-hybridized carbons (Fsp3) is 0.300. The first kappa shape index (κ1) is 16.1. The number of hydrogen-bond donors (Lipinski definition) is 0. The molecular formula is C20H20N2O2. The van der Waals surface area contributed by atoms with Gasteiger partial charge in [0.05, 0.1) is 18.4 Å². The highest BCUT2D eigenvalue weighted by Gasteiger charge is 2.40. The summed E-state index contributed by atoms with van der Waals surface area (Å²) in [5, 5.41) is 9.18. The van der Waals surface area contributed by atoms with Gasteiger partial charge in [-0.25, -0.2) is 0 Å². The van der Waals surface area contributed by atoms with Crippen LogP contribution in [0.2, 0.25) is 0 Å². The van der Waals surface area contributed by atoms with Crippen LogP contribution in [-0.2, 0) is 4.79 Å². The molecule has 0 bridgehead atoms. The van der Waals surface area contributed by atoms with Crippen LogP contribution in [0.1, 0.15) is 29.9 Å². The Kier molecular flexibility index (Phi) is 4.52. The minimum absolute atomic E-state index is 0.0544. The predicted octanol–water partition coefficient (Wildman–Crippen LogP) is 3.72. The molecule has 1 fully saturated rings. The smallest absolute Gasteiger partial charge is 0.227 e. The molecule has 1 aliphatic carbocycles. The molecule has 4 heteroatoms. The van der Waals surface area contributed by atoms with Crippen LogP contribution in [0.5, 0.6) is 5.75 Å². The highest BCUT2D eigenvalue weighted by molar-refractivity contribution is 5.94. The molecule has 0 heterocycles. The van der Waals surface area contributed by atoms with Crippen LogP contribution in [0, 0.1) is 17.2 Å². The Balaban J connectivity index is 1.62. The third-order valence-electron chi connectivity index (χ3n) is 4.66. The molecule has 4 nitrogen and oxygen atoms in total. The lowest BCUT2D eigenvalue weighted by molar-refractivity contribution is -0.118. The number of nitrogens with zero attached hydrogens (tertiary/aromatic N) is 2. The van der Waals surface area contributed by atoms with Gasteiger partial charge in [-0.3, -0.25) is 4.79 Å². The summed E-state index contributed by atoms with van der Waals surface area (Å²) in [4.78, 5) is 14.1. The molecule has 0 radical (unpaired) electrons. The molecule has 2 aromatic rings. The van der Waals surface area contributed by atoms with E-state index < -0.39 is 0 Å². The van der Waals surface area contributed by atoms with Gasteiger partial charge >= 0.3 is 0 Å². The fourth-order valence-corrected chi connectivity index (χ4v) is 3.09. The summed E-state index contributed by atoms with van der Waals surface area (Å²) in [6, 6.07) is 17.4. The van der Waals surface area contributed by atoms with Crippen molar-refractivity contribution in [2.24, 2.45) is 5.92 Å². The Bertz CT molecular complexity index is 777. The first-order chi connectivity index (χ1) is 11.6. The van der Waals surface area contributed by atoms with Crippen molar-refractivity contribution in [3.05, 3.63) is 59.7 Å². The molecule has 2 aromatic carbocycles. The first-order valence-corrected chi connectivity index (χ1v) is 8.03. The number of carbonyl (C=O) groups excluding carboxylic acids is 1. The van der Waals surface area contributed by atoms with E-state index in [2.05, 4.69) is 18.2 Å². The Morgan fingerprint density at radius 1 is 1.25 bits per heavy atom. The second-order valence-corrected chi connectivity index (χ2v) is 6.16. The number of amides is 1. The van der Waals surface area contributed by atoms with Crippen molar-refractivity contribution in [2.45, 2.75) is 18.8 Å². The van der Waals surface area contributed by atoms with Crippen LogP contribution in [-0.4, -0.2) is 20.1 Å². The second-order valence-electron chi connectivity index (χ2n) is 6.16. The van der Waals surface area contributed by atoms with Crippen LogP contribution in [0.25, 0.3) is 0 Å². The highest BCUT2D eigenvalue weighted by Crippen LogP contribution is 2.50. The number of carbonyl (C=O) groups is 1. The van der Waals surface area contributed by atoms with E-state index in [1.165, 1.54) is 5.56 Å². The molecule has 0 saturated heterocycles. The van der Waals surface area contributed by atoms with E-state index in [1.807, 2.05) is 24.3 Å². The van der Waals surface area contributed by atoms with E-state index in [9.17, 15) is 10.1 Å². The molecule has 0 aliphatic heterocycles. The molecule has 0 N–H and O–H groups in total. The van der Waals surface area contributed by atoms with E-state index in [1.54, 1.807) is 31.2 Å². The van der Waals surface area contributed by atoms with E-state index in [-0.39, 0.29) is 5.91 Å². The molecule has 0 unspecified atom stereocenters. The molecule has 0 spiro atoms. The lowest BCUT2D eigenvalue weighted by atomic mass is 10.1. The quantitative estimate of drug-likeness (QED) is 0.843. The van der Waals surface area contributed by atoms with Crippen molar-refractivity contribution in [1.82, 2.24) is 0 Å². The number of para-hydroxylation sites is 1. The van der Waals surface area contributed by atoms with Crippen molar-refractivity contribution >= 4 is 11.6 Å². The number of rotatable bonds is 5. The van der Waals surface area contributed by atoms with E-state index in [4.69, 9.17) is 4.74 Å². The van der Waals surface area contributed by atoms with Crippen molar-refractivity contribution in [3.8, 4) is 11.8 Å². The molecular weight excluding hydrogens is 300 g/mol. The lowest BCUT2D eigenvalue weighted by Crippen LogP contribution is -2.27. The second kappa shape index (κ2) is 6.76. The monoisotopic (exact) mass is 320 g/mol. The van der Waals surface area contributed by atoms with Gasteiger partial charge in [-0.05, 0) is 48.1 Å². The third kappa shape index (κ3) is 3.26. The SMILES string of the molecule is COc1ccc([C@@H]2C[C@H]2CC(=O)N(C)c2ccccc2C#N)cc1. The Morgan fingerprint density at radius 3 is 2.62 bits per heavy atom. The average molecular weight is 320 g/mol. The maximum Gasteiger partial charge on any atom is 0.227 e. The van der Waals surface area contributed by atoms with Crippen molar-refractivity contribution in [2.75, 3.05) is 19.1 Å². The van der Waals surface area contributed by atoms with Gasteiger partial charge in [0, 0.05) is 13.5 Å². The van der Waals surface area contributed by atoms with E-state index >= 15 is 0 Å². The minimum atomic E-state index is 0.0544. The number of ether oxygens (including phenoxy) is 1. The van der Waals surface area contributed by atoms with Gasteiger partial charge in [0.15, 0.2) is 0 Å². The Morgan fingerprint density at radius 2 is 1.96 bits per heavy atom. The van der Waals surface area contributed by atoms with Crippen molar-refractivity contribution in [1.29, 1.82) is 5.26 Å². The van der Waals surface area contributed by atoms with Gasteiger partial charge in [-0.15, -0.1) is 0 Å². The van der Waals surface area contributed by atoms with Crippen molar-refractivity contribution in [3.63, 3.8) is 0 Å². The van der Waals surface area contributed by atoms with Crippen molar-refractivity contribution < 1.29 is 9.53 Å². The molecule has 1 saturated carbocycles. The molecule has 24 heavy (non-hydrogen) atoms. The summed E-state index contributed by atoms with van der Waals surface area (Å²) in [5.41, 5.74) is 2.45. The number of benzene rings is 2. The Labute approximate surface area is 142 Å². The molecule has 1 aliphatic rings. The van der Waals surface area contributed by atoms with E-state index in [0.29, 0.717) is 29.5 Å². The lowest BCUT2D eigenvalue weighted by Gasteiger charge is -2.18. The predicted molar refractivity (Wildman–Crippen MR) is 93.0 cm³/mol. The van der Waals surface area contributed by atoms with Crippen LogP contribution in [0.4, 0.5) is 5.69 Å². The van der Waals surface area contributed by atoms with Gasteiger partial charge in [0.2, 0.25) is 5.91 Å². The number of hydrogen-bond acceptors (Lipinski definition) is 3. The summed E-state index contributed by atoms with van der Waals surface area (Å²) in [7, 11) is 3.39. The van der Waals surface area contributed by atoms with E-state index in [0.717, 1.165) is 12.2 Å². The molecule has 122 valence electrons. The normalized spacial score (nSPS) is 18.5. The van der Waals surface area contributed by atoms with Crippen LogP contribution >= 0.6 is 0 Å². The van der Waals surface area contributed by atoms with Gasteiger partial charge in [-0.2, -0.15) is 5.26 Å². The largest absolute Gasteiger partial charge is 0.497 e. The highest BCUT2D eigenvalue weighted by atomic mass is 16.5. The minimum Gasteiger partial charge on any atom is -0.497 e. The summed E-state index contributed by atoms with van der Waals surface area (Å²) >= 11 is 0. The standard InChI is InChI=1S/C20H20N2O2/c1-22(19-6-4-3-5-15(19)13-21)20(23)12-16-11-18(16)14-7-9-17(24-2)10-8-14/h3-10,16,18H,11-12H2,1-2H3/t16-,18-/m0/s1. The Hall–Kier alpha value is -2.80.